The van der Waals surface area contributed by atoms with E-state index in [1.165, 1.54) is 24.3 Å². The molecule has 0 spiro atoms. The maximum atomic E-state index is 13.4. The number of aliphatic carboxylic acids is 2. The summed E-state index contributed by atoms with van der Waals surface area (Å²) in [7, 11) is 0. The summed E-state index contributed by atoms with van der Waals surface area (Å²) >= 11 is 0. The van der Waals surface area contributed by atoms with E-state index in [1.807, 2.05) is 0 Å². The number of unbranched alkanes of at least 4 members (excludes halogenated alkanes) is 1. The van der Waals surface area contributed by atoms with Crippen LogP contribution >= 0.6 is 0 Å². The fraction of sp³-hybridized carbons (Fsp3) is 0.556. The van der Waals surface area contributed by atoms with Crippen molar-refractivity contribution in [3.63, 3.8) is 0 Å². The van der Waals surface area contributed by atoms with Crippen LogP contribution in [-0.4, -0.2) is 88.1 Å². The van der Waals surface area contributed by atoms with E-state index < -0.39 is 78.6 Å². The first kappa shape index (κ1) is 35.8. The van der Waals surface area contributed by atoms with E-state index in [2.05, 4.69) is 21.3 Å². The number of amides is 4. The van der Waals surface area contributed by atoms with Gasteiger partial charge in [0.25, 0.3) is 0 Å². The summed E-state index contributed by atoms with van der Waals surface area (Å²) in [5.41, 5.74) is 11.8. The predicted molar refractivity (Wildman–Crippen MR) is 151 cm³/mol. The molecule has 0 aliphatic heterocycles. The third-order valence-electron chi connectivity index (χ3n) is 6.54. The van der Waals surface area contributed by atoms with Gasteiger partial charge in [0.1, 0.15) is 23.9 Å². The average Bonchev–Trinajstić information content (AvgIpc) is 2.94. The Morgan fingerprint density at radius 3 is 2.07 bits per heavy atom. The first-order valence-electron chi connectivity index (χ1n) is 13.6. The molecule has 0 bridgehead atoms. The Kier molecular flexibility index (Phi) is 15.5. The molecule has 42 heavy (non-hydrogen) atoms. The van der Waals surface area contributed by atoms with E-state index in [0.717, 1.165) is 0 Å². The van der Waals surface area contributed by atoms with Crippen molar-refractivity contribution in [3.8, 4) is 5.75 Å². The van der Waals surface area contributed by atoms with Crippen LogP contribution in [0.25, 0.3) is 0 Å². The van der Waals surface area contributed by atoms with Gasteiger partial charge in [0.05, 0.1) is 19.0 Å². The summed E-state index contributed by atoms with van der Waals surface area (Å²) in [4.78, 5) is 73.8. The molecule has 5 atom stereocenters. The van der Waals surface area contributed by atoms with Crippen LogP contribution in [-0.2, 0) is 35.2 Å². The van der Waals surface area contributed by atoms with Crippen molar-refractivity contribution < 1.29 is 44.1 Å². The van der Waals surface area contributed by atoms with E-state index >= 15 is 0 Å². The minimum atomic E-state index is -1.73. The number of phenols is 1. The minimum Gasteiger partial charge on any atom is -0.508 e. The average molecular weight is 595 g/mol. The number of carbonyl (C=O) groups excluding carboxylic acids is 4. The molecule has 15 nitrogen and oxygen atoms in total. The van der Waals surface area contributed by atoms with Crippen molar-refractivity contribution in [2.75, 3.05) is 13.1 Å². The Morgan fingerprint density at radius 2 is 1.52 bits per heavy atom. The molecule has 0 saturated heterocycles. The molecule has 0 aliphatic rings. The van der Waals surface area contributed by atoms with Gasteiger partial charge in [0.15, 0.2) is 0 Å². The van der Waals surface area contributed by atoms with Crippen LogP contribution in [0.2, 0.25) is 0 Å². The standard InChI is InChI=1S/C27H42N6O9/c1-3-15(2)23(26(40)32-20(27(41)42)13-22(36)37)33-25(39)19(12-16-7-9-17(34)10-8-16)31-21(35)14-30-24(38)18(29)6-4-5-11-28/h7-10,15,18-20,23,34H,3-6,11-14,28-29H2,1-2H3,(H,30,38)(H,31,35)(H,32,40)(H,33,39)(H,36,37)(H,41,42)/t15-,18-,19-,20-,23-/m0/s1. The summed E-state index contributed by atoms with van der Waals surface area (Å²) in [6.07, 6.45) is 1.18. The van der Waals surface area contributed by atoms with Gasteiger partial charge in [0.2, 0.25) is 23.6 Å². The maximum Gasteiger partial charge on any atom is 0.326 e. The highest BCUT2D eigenvalue weighted by atomic mass is 16.4. The molecule has 0 aromatic heterocycles. The molecule has 0 heterocycles. The van der Waals surface area contributed by atoms with E-state index in [1.54, 1.807) is 13.8 Å². The lowest BCUT2D eigenvalue weighted by Gasteiger charge is -2.27. The summed E-state index contributed by atoms with van der Waals surface area (Å²) in [5.74, 6) is -6.47. The third kappa shape index (κ3) is 13.0. The van der Waals surface area contributed by atoms with E-state index in [0.29, 0.717) is 37.8 Å². The zero-order valence-electron chi connectivity index (χ0n) is 23.8. The van der Waals surface area contributed by atoms with Gasteiger partial charge in [-0.2, -0.15) is 0 Å². The number of nitrogens with one attached hydrogen (secondary N) is 4. The summed E-state index contributed by atoms with van der Waals surface area (Å²) in [6.45, 7) is 3.36. The lowest BCUT2D eigenvalue weighted by molar-refractivity contribution is -0.147. The van der Waals surface area contributed by atoms with Crippen LogP contribution in [0.5, 0.6) is 5.75 Å². The number of rotatable bonds is 19. The number of phenolic OH excluding ortho intramolecular Hbond substituents is 1. The van der Waals surface area contributed by atoms with Gasteiger partial charge in [-0.05, 0) is 43.0 Å². The number of benzene rings is 1. The molecule has 4 amide bonds. The third-order valence-corrected chi connectivity index (χ3v) is 6.54. The highest BCUT2D eigenvalue weighted by molar-refractivity contribution is 5.95. The van der Waals surface area contributed by atoms with Crippen LogP contribution in [0.15, 0.2) is 24.3 Å². The second-order valence-electron chi connectivity index (χ2n) is 9.97. The van der Waals surface area contributed by atoms with Crippen LogP contribution in [0.1, 0.15) is 51.5 Å². The van der Waals surface area contributed by atoms with Gasteiger partial charge in [-0.15, -0.1) is 0 Å². The number of carbonyl (C=O) groups is 6. The minimum absolute atomic E-state index is 0.0165. The molecule has 0 unspecified atom stereocenters. The smallest absolute Gasteiger partial charge is 0.326 e. The molecule has 1 aromatic carbocycles. The normalized spacial score (nSPS) is 14.4. The lowest BCUT2D eigenvalue weighted by Crippen LogP contribution is -2.58. The predicted octanol–water partition coefficient (Wildman–Crippen LogP) is -1.43. The molecule has 234 valence electrons. The highest BCUT2D eigenvalue weighted by Crippen LogP contribution is 2.13. The second kappa shape index (κ2) is 18.2. The highest BCUT2D eigenvalue weighted by Gasteiger charge is 2.33. The van der Waals surface area contributed by atoms with Crippen LogP contribution in [0, 0.1) is 5.92 Å². The van der Waals surface area contributed by atoms with E-state index in [9.17, 15) is 39.0 Å². The second-order valence-corrected chi connectivity index (χ2v) is 9.97. The van der Waals surface area contributed by atoms with Crippen molar-refractivity contribution in [1.82, 2.24) is 21.3 Å². The van der Waals surface area contributed by atoms with Gasteiger partial charge in [-0.1, -0.05) is 38.8 Å². The molecule has 0 fully saturated rings. The van der Waals surface area contributed by atoms with Gasteiger partial charge >= 0.3 is 11.9 Å². The monoisotopic (exact) mass is 594 g/mol. The van der Waals surface area contributed by atoms with Crippen molar-refractivity contribution in [1.29, 1.82) is 0 Å². The molecule has 0 radical (unpaired) electrons. The van der Waals surface area contributed by atoms with Gasteiger partial charge in [0, 0.05) is 6.42 Å². The SMILES string of the molecule is CC[C@H](C)[C@H](NC(=O)[C@H](Cc1ccc(O)cc1)NC(=O)CNC(=O)[C@@H](N)CCCCN)C(=O)N[C@@H](CC(=O)O)C(=O)O. The fourth-order valence-corrected chi connectivity index (χ4v) is 3.85. The maximum absolute atomic E-state index is 13.4. The molecular weight excluding hydrogens is 552 g/mol. The Morgan fingerprint density at radius 1 is 0.881 bits per heavy atom. The Labute approximate surface area is 243 Å². The number of hydrogen-bond donors (Lipinski definition) is 9. The lowest BCUT2D eigenvalue weighted by atomic mass is 9.96. The zero-order valence-corrected chi connectivity index (χ0v) is 23.8. The fourth-order valence-electron chi connectivity index (χ4n) is 3.85. The molecule has 15 heteroatoms. The molecule has 11 N–H and O–H groups in total. The summed E-state index contributed by atoms with van der Waals surface area (Å²) < 4.78 is 0. The molecule has 0 saturated carbocycles. The van der Waals surface area contributed by atoms with Gasteiger partial charge in [-0.25, -0.2) is 4.79 Å². The number of carboxylic acids is 2. The largest absolute Gasteiger partial charge is 0.508 e. The number of hydrogen-bond acceptors (Lipinski definition) is 9. The molecular formula is C27H42N6O9. The Bertz CT molecular complexity index is 1080. The Balaban J connectivity index is 3.06. The molecule has 1 aromatic rings. The van der Waals surface area contributed by atoms with Crippen LogP contribution < -0.4 is 32.7 Å². The first-order chi connectivity index (χ1) is 19.8. The van der Waals surface area contributed by atoms with Gasteiger partial charge < -0.3 is 48.1 Å². The summed E-state index contributed by atoms with van der Waals surface area (Å²) in [6, 6.07) is 0.777. The summed E-state index contributed by atoms with van der Waals surface area (Å²) in [5, 5.41) is 37.5. The van der Waals surface area contributed by atoms with Crippen LogP contribution in [0.4, 0.5) is 0 Å². The molecule has 0 aliphatic carbocycles. The van der Waals surface area contributed by atoms with Crippen molar-refractivity contribution in [3.05, 3.63) is 29.8 Å². The van der Waals surface area contributed by atoms with Crippen molar-refractivity contribution >= 4 is 35.6 Å². The number of aromatic hydroxyl groups is 1. The van der Waals surface area contributed by atoms with Gasteiger partial charge in [-0.3, -0.25) is 24.0 Å². The Hall–Kier alpha value is -4.24. The van der Waals surface area contributed by atoms with Crippen LogP contribution in [0.3, 0.4) is 0 Å². The van der Waals surface area contributed by atoms with E-state index in [4.69, 9.17) is 16.6 Å². The number of nitrogens with two attached hydrogens (primary N) is 2. The zero-order chi connectivity index (χ0) is 31.8. The van der Waals surface area contributed by atoms with E-state index in [-0.39, 0.29) is 12.2 Å². The molecule has 1 rings (SSSR count). The first-order valence-corrected chi connectivity index (χ1v) is 13.6. The van der Waals surface area contributed by atoms with Crippen molar-refractivity contribution in [2.24, 2.45) is 17.4 Å². The topological polar surface area (TPSA) is 263 Å². The quantitative estimate of drug-likeness (QED) is 0.0838. The van der Waals surface area contributed by atoms with Crippen molar-refractivity contribution in [2.45, 2.75) is 76.5 Å². The number of carboxylic acid groups (broad SMARTS) is 2.